The van der Waals surface area contributed by atoms with Gasteiger partial charge in [0.15, 0.2) is 0 Å². The van der Waals surface area contributed by atoms with Crippen LogP contribution in [0.5, 0.6) is 0 Å². The molecule has 0 spiro atoms. The maximum Gasteiger partial charge on any atom is 0.253 e. The van der Waals surface area contributed by atoms with Crippen LogP contribution in [0.1, 0.15) is 42.5 Å². The Morgan fingerprint density at radius 1 is 1.38 bits per heavy atom. The van der Waals surface area contributed by atoms with Crippen LogP contribution in [0.3, 0.4) is 0 Å². The van der Waals surface area contributed by atoms with E-state index in [0.717, 1.165) is 25.7 Å². The molecule has 114 valence electrons. The molecule has 0 aromatic heterocycles. The topological polar surface area (TPSA) is 40.5 Å². The normalized spacial score (nSPS) is 29.1. The van der Waals surface area contributed by atoms with Crippen molar-refractivity contribution >= 4 is 17.5 Å². The first-order chi connectivity index (χ1) is 9.99. The molecule has 1 aromatic rings. The van der Waals surface area contributed by atoms with Crippen molar-refractivity contribution in [3.8, 4) is 0 Å². The maximum absolute atomic E-state index is 13.2. The predicted molar refractivity (Wildman–Crippen MR) is 78.8 cm³/mol. The minimum Gasteiger partial charge on any atom is -0.389 e. The average Bonchev–Trinajstić information content (AvgIpc) is 2.48. The molecule has 2 unspecified atom stereocenters. The Hall–Kier alpha value is -1.13. The molecule has 1 heterocycles. The highest BCUT2D eigenvalue weighted by Crippen LogP contribution is 2.40. The lowest BCUT2D eigenvalue weighted by atomic mass is 9.71. The second-order valence-electron chi connectivity index (χ2n) is 6.18. The molecule has 2 atom stereocenters. The van der Waals surface area contributed by atoms with Crippen molar-refractivity contribution < 1.29 is 14.3 Å². The third-order valence-corrected chi connectivity index (χ3v) is 5.17. The van der Waals surface area contributed by atoms with Crippen LogP contribution in [-0.4, -0.2) is 34.6 Å². The van der Waals surface area contributed by atoms with Crippen molar-refractivity contribution in [3.63, 3.8) is 0 Å². The summed E-state index contributed by atoms with van der Waals surface area (Å²) in [5.74, 6) is -0.502. The number of likely N-dealkylation sites (tertiary alicyclic amines) is 1. The summed E-state index contributed by atoms with van der Waals surface area (Å²) in [6.07, 6.45) is 4.59. The molecule has 21 heavy (non-hydrogen) atoms. The summed E-state index contributed by atoms with van der Waals surface area (Å²) in [5, 5.41) is 10.6. The smallest absolute Gasteiger partial charge is 0.253 e. The lowest BCUT2D eigenvalue weighted by Gasteiger charge is -2.47. The number of hydrogen-bond acceptors (Lipinski definition) is 2. The Bertz CT molecular complexity index is 565. The van der Waals surface area contributed by atoms with Crippen molar-refractivity contribution in [2.75, 3.05) is 13.1 Å². The Morgan fingerprint density at radius 3 is 2.95 bits per heavy atom. The fourth-order valence-electron chi connectivity index (χ4n) is 3.57. The highest BCUT2D eigenvalue weighted by molar-refractivity contribution is 6.31. The predicted octanol–water partition coefficient (Wildman–Crippen LogP) is 3.25. The molecule has 0 radical (unpaired) electrons. The van der Waals surface area contributed by atoms with Crippen molar-refractivity contribution in [2.24, 2.45) is 5.92 Å². The van der Waals surface area contributed by atoms with E-state index in [2.05, 4.69) is 0 Å². The first-order valence-electron chi connectivity index (χ1n) is 7.46. The minimum atomic E-state index is -0.602. The maximum atomic E-state index is 13.2. The first kappa shape index (κ1) is 14.8. The Balaban J connectivity index is 1.75. The van der Waals surface area contributed by atoms with Crippen LogP contribution in [0, 0.1) is 11.7 Å². The van der Waals surface area contributed by atoms with Gasteiger partial charge in [0.25, 0.3) is 5.91 Å². The van der Waals surface area contributed by atoms with Gasteiger partial charge in [0, 0.05) is 24.6 Å². The summed E-state index contributed by atoms with van der Waals surface area (Å²) in [6, 6.07) is 4.06. The third kappa shape index (κ3) is 2.79. The van der Waals surface area contributed by atoms with E-state index in [1.807, 2.05) is 0 Å². The largest absolute Gasteiger partial charge is 0.389 e. The molecule has 1 amide bonds. The van der Waals surface area contributed by atoms with E-state index < -0.39 is 11.4 Å². The highest BCUT2D eigenvalue weighted by atomic mass is 35.5. The molecule has 1 aromatic carbocycles. The van der Waals surface area contributed by atoms with Crippen molar-refractivity contribution in [3.05, 3.63) is 34.6 Å². The number of rotatable bonds is 1. The summed E-state index contributed by atoms with van der Waals surface area (Å²) in [5.41, 5.74) is -0.196. The quantitative estimate of drug-likeness (QED) is 0.865. The molecule has 1 aliphatic heterocycles. The molecule has 1 saturated heterocycles. The van der Waals surface area contributed by atoms with E-state index in [4.69, 9.17) is 11.6 Å². The number of amides is 1. The molecule has 5 heteroatoms. The number of piperidine rings is 1. The van der Waals surface area contributed by atoms with E-state index in [1.54, 1.807) is 4.90 Å². The van der Waals surface area contributed by atoms with Gasteiger partial charge in [0.05, 0.1) is 10.6 Å². The summed E-state index contributed by atoms with van der Waals surface area (Å²) in [4.78, 5) is 14.3. The van der Waals surface area contributed by atoms with Crippen LogP contribution >= 0.6 is 11.6 Å². The molecule has 3 nitrogen and oxygen atoms in total. The van der Waals surface area contributed by atoms with Gasteiger partial charge in [-0.25, -0.2) is 4.39 Å². The van der Waals surface area contributed by atoms with E-state index >= 15 is 0 Å². The number of carbonyl (C=O) groups excluding carboxylic acids is 1. The van der Waals surface area contributed by atoms with Gasteiger partial charge < -0.3 is 10.0 Å². The molecule has 3 rings (SSSR count). The zero-order chi connectivity index (χ0) is 15.0. The SMILES string of the molecule is O=C(c1ccc(F)c(Cl)c1)N1CCC2(O)CCCCC2C1. The highest BCUT2D eigenvalue weighted by Gasteiger charge is 2.43. The summed E-state index contributed by atoms with van der Waals surface area (Å²) in [6.45, 7) is 1.12. The fraction of sp³-hybridized carbons (Fsp3) is 0.562. The number of nitrogens with zero attached hydrogens (tertiary/aromatic N) is 1. The van der Waals surface area contributed by atoms with Crippen LogP contribution in [0.4, 0.5) is 4.39 Å². The zero-order valence-electron chi connectivity index (χ0n) is 11.8. The Kier molecular flexibility index (Phi) is 3.93. The number of aliphatic hydroxyl groups is 1. The van der Waals surface area contributed by atoms with Gasteiger partial charge >= 0.3 is 0 Å². The van der Waals surface area contributed by atoms with Crippen LogP contribution < -0.4 is 0 Å². The van der Waals surface area contributed by atoms with Crippen LogP contribution in [0.2, 0.25) is 5.02 Å². The molecular formula is C16H19ClFNO2. The first-order valence-corrected chi connectivity index (χ1v) is 7.84. The monoisotopic (exact) mass is 311 g/mol. The molecule has 2 fully saturated rings. The van der Waals surface area contributed by atoms with Crippen LogP contribution in [0.25, 0.3) is 0 Å². The number of benzene rings is 1. The van der Waals surface area contributed by atoms with Crippen LogP contribution in [0.15, 0.2) is 18.2 Å². The zero-order valence-corrected chi connectivity index (χ0v) is 12.6. The van der Waals surface area contributed by atoms with Crippen LogP contribution in [-0.2, 0) is 0 Å². The molecule has 0 bridgehead atoms. The molecule has 2 aliphatic rings. The van der Waals surface area contributed by atoms with Gasteiger partial charge in [-0.15, -0.1) is 0 Å². The van der Waals surface area contributed by atoms with E-state index in [-0.39, 0.29) is 16.8 Å². The van der Waals surface area contributed by atoms with Gasteiger partial charge in [-0.05, 0) is 37.5 Å². The van der Waals surface area contributed by atoms with Gasteiger partial charge in [0.1, 0.15) is 5.82 Å². The lowest BCUT2D eigenvalue weighted by Crippen LogP contribution is -2.54. The summed E-state index contributed by atoms with van der Waals surface area (Å²) < 4.78 is 13.2. The van der Waals surface area contributed by atoms with Gasteiger partial charge in [-0.1, -0.05) is 24.4 Å². The molecular weight excluding hydrogens is 293 g/mol. The second-order valence-corrected chi connectivity index (χ2v) is 6.58. The minimum absolute atomic E-state index is 0.0352. The molecule has 1 aliphatic carbocycles. The van der Waals surface area contributed by atoms with E-state index in [1.165, 1.54) is 18.2 Å². The number of hydrogen-bond donors (Lipinski definition) is 1. The number of carbonyl (C=O) groups is 1. The van der Waals surface area contributed by atoms with Gasteiger partial charge in [-0.2, -0.15) is 0 Å². The van der Waals surface area contributed by atoms with Gasteiger partial charge in [0.2, 0.25) is 0 Å². The van der Waals surface area contributed by atoms with E-state index in [0.29, 0.717) is 25.1 Å². The number of fused-ring (bicyclic) bond motifs is 1. The second kappa shape index (κ2) is 5.58. The molecule has 1 saturated carbocycles. The standard InChI is InChI=1S/C16H19ClFNO2/c17-13-9-11(4-5-14(13)18)15(20)19-8-7-16(21)6-2-1-3-12(16)10-19/h4-5,9,12,21H,1-3,6-8,10H2. The van der Waals surface area contributed by atoms with Crippen molar-refractivity contribution in [1.29, 1.82) is 0 Å². The summed E-state index contributed by atoms with van der Waals surface area (Å²) in [7, 11) is 0. The fourth-order valence-corrected chi connectivity index (χ4v) is 3.75. The van der Waals surface area contributed by atoms with E-state index in [9.17, 15) is 14.3 Å². The summed E-state index contributed by atoms with van der Waals surface area (Å²) >= 11 is 5.74. The lowest BCUT2D eigenvalue weighted by molar-refractivity contribution is -0.0886. The average molecular weight is 312 g/mol. The Morgan fingerprint density at radius 2 is 2.19 bits per heavy atom. The third-order valence-electron chi connectivity index (χ3n) is 4.88. The number of halogens is 2. The molecule has 1 N–H and O–H groups in total. The van der Waals surface area contributed by atoms with Crippen molar-refractivity contribution in [2.45, 2.75) is 37.7 Å². The van der Waals surface area contributed by atoms with Crippen molar-refractivity contribution in [1.82, 2.24) is 4.90 Å². The Labute approximate surface area is 128 Å². The van der Waals surface area contributed by atoms with Gasteiger partial charge in [-0.3, -0.25) is 4.79 Å².